The zero-order chi connectivity index (χ0) is 21.8. The molecule has 0 spiro atoms. The molecule has 2 heterocycles. The lowest BCUT2D eigenvalue weighted by Gasteiger charge is -2.38. The van der Waals surface area contributed by atoms with Crippen molar-refractivity contribution in [2.24, 2.45) is 0 Å². The summed E-state index contributed by atoms with van der Waals surface area (Å²) in [6.45, 7) is 4.91. The molecule has 3 aromatic rings. The first-order chi connectivity index (χ1) is 15.1. The van der Waals surface area contributed by atoms with Crippen LogP contribution >= 0.6 is 0 Å². The number of nitrogens with one attached hydrogen (secondary N) is 1. The van der Waals surface area contributed by atoms with E-state index in [1.165, 1.54) is 12.1 Å². The molecular weight excluding hydrogens is 400 g/mol. The van der Waals surface area contributed by atoms with Gasteiger partial charge in [-0.2, -0.15) is 10.3 Å². The first-order valence-corrected chi connectivity index (χ1v) is 10.00. The summed E-state index contributed by atoms with van der Waals surface area (Å²) in [5.41, 5.74) is 2.55. The Bertz CT molecular complexity index is 1080. The number of ether oxygens (including phenoxy) is 1. The van der Waals surface area contributed by atoms with Gasteiger partial charge in [0, 0.05) is 55.2 Å². The second-order valence-corrected chi connectivity index (χ2v) is 7.01. The number of rotatable bonds is 6. The Hall–Kier alpha value is -3.95. The van der Waals surface area contributed by atoms with E-state index in [1.54, 1.807) is 13.0 Å². The van der Waals surface area contributed by atoms with Gasteiger partial charge in [0.15, 0.2) is 5.69 Å². The van der Waals surface area contributed by atoms with E-state index in [4.69, 9.17) is 4.74 Å². The number of hydrogen-bond acceptors (Lipinski definition) is 8. The number of nitro groups is 1. The lowest BCUT2D eigenvalue weighted by Crippen LogP contribution is -2.46. The molecule has 0 atom stereocenters. The summed E-state index contributed by atoms with van der Waals surface area (Å²) in [6.07, 6.45) is 0. The van der Waals surface area contributed by atoms with Crippen LogP contribution in [0.1, 0.15) is 17.4 Å². The molecule has 4 rings (SSSR count). The number of carbonyl (C=O) groups excluding carboxylic acids is 1. The minimum Gasteiger partial charge on any atom is -0.461 e. The Balaban J connectivity index is 1.66. The Morgan fingerprint density at radius 1 is 1.10 bits per heavy atom. The van der Waals surface area contributed by atoms with Crippen LogP contribution in [0.3, 0.4) is 0 Å². The zero-order valence-corrected chi connectivity index (χ0v) is 17.0. The minimum absolute atomic E-state index is 0.00604. The molecule has 0 amide bonds. The lowest BCUT2D eigenvalue weighted by atomic mass is 10.0. The van der Waals surface area contributed by atoms with E-state index in [0.29, 0.717) is 18.7 Å². The van der Waals surface area contributed by atoms with Crippen LogP contribution in [-0.2, 0) is 4.74 Å². The van der Waals surface area contributed by atoms with Gasteiger partial charge < -0.3 is 14.5 Å². The number of benzene rings is 2. The summed E-state index contributed by atoms with van der Waals surface area (Å²) >= 11 is 0. The van der Waals surface area contributed by atoms with E-state index < -0.39 is 10.9 Å². The van der Waals surface area contributed by atoms with Crippen molar-refractivity contribution < 1.29 is 14.5 Å². The number of nitrogens with zero attached hydrogens (tertiary/aromatic N) is 5. The van der Waals surface area contributed by atoms with E-state index in [2.05, 4.69) is 37.3 Å². The molecule has 1 N–H and O–H groups in total. The molecule has 1 aromatic heterocycles. The Labute approximate surface area is 178 Å². The fraction of sp³-hybridized carbons (Fsp3) is 0.286. The number of H-pyrrole nitrogens is 1. The molecule has 0 radical (unpaired) electrons. The van der Waals surface area contributed by atoms with Gasteiger partial charge in [-0.1, -0.05) is 18.2 Å². The van der Waals surface area contributed by atoms with Crippen LogP contribution < -0.4 is 9.80 Å². The third-order valence-corrected chi connectivity index (χ3v) is 5.20. The average molecular weight is 422 g/mol. The summed E-state index contributed by atoms with van der Waals surface area (Å²) in [5.74, 6) is -0.627. The number of non-ortho nitro benzene ring substituents is 1. The van der Waals surface area contributed by atoms with Crippen molar-refractivity contribution in [3.05, 3.63) is 64.3 Å². The van der Waals surface area contributed by atoms with Crippen molar-refractivity contribution in [2.45, 2.75) is 6.92 Å². The van der Waals surface area contributed by atoms with Crippen molar-refractivity contribution in [3.63, 3.8) is 0 Å². The van der Waals surface area contributed by atoms with Crippen LogP contribution in [0.15, 0.2) is 48.5 Å². The molecule has 1 aliphatic heterocycles. The van der Waals surface area contributed by atoms with E-state index in [-0.39, 0.29) is 23.7 Å². The molecule has 160 valence electrons. The average Bonchev–Trinajstić information content (AvgIpc) is 3.29. The van der Waals surface area contributed by atoms with Gasteiger partial charge in [0.2, 0.25) is 0 Å². The van der Waals surface area contributed by atoms with E-state index >= 15 is 0 Å². The van der Waals surface area contributed by atoms with Crippen LogP contribution in [0.4, 0.5) is 17.1 Å². The van der Waals surface area contributed by atoms with Crippen molar-refractivity contribution in [3.8, 4) is 11.3 Å². The van der Waals surface area contributed by atoms with Gasteiger partial charge >= 0.3 is 5.97 Å². The molecule has 10 nitrogen and oxygen atoms in total. The monoisotopic (exact) mass is 422 g/mol. The number of carbonyl (C=O) groups is 1. The number of anilines is 2. The second kappa shape index (κ2) is 8.82. The van der Waals surface area contributed by atoms with Gasteiger partial charge in [-0.3, -0.25) is 10.1 Å². The topological polar surface area (TPSA) is 117 Å². The summed E-state index contributed by atoms with van der Waals surface area (Å²) in [5, 5.41) is 21.9. The highest BCUT2D eigenvalue weighted by Gasteiger charge is 2.27. The molecule has 0 bridgehead atoms. The molecule has 0 saturated carbocycles. The predicted molar refractivity (Wildman–Crippen MR) is 115 cm³/mol. The minimum atomic E-state index is -0.627. The van der Waals surface area contributed by atoms with Crippen LogP contribution in [0.5, 0.6) is 0 Å². The highest BCUT2D eigenvalue weighted by molar-refractivity contribution is 5.96. The van der Waals surface area contributed by atoms with E-state index in [9.17, 15) is 14.9 Å². The maximum atomic E-state index is 12.3. The Morgan fingerprint density at radius 3 is 2.48 bits per heavy atom. The maximum Gasteiger partial charge on any atom is 0.361 e. The number of piperazine rings is 1. The number of esters is 1. The van der Waals surface area contributed by atoms with Crippen LogP contribution in [0.25, 0.3) is 11.3 Å². The fourth-order valence-electron chi connectivity index (χ4n) is 3.71. The third kappa shape index (κ3) is 4.18. The SMILES string of the molecule is CCOC(=O)c1n[nH]nc1-c1cc([N+](=O)[O-])ccc1N1CCN(c2ccccc2)CC1. The highest BCUT2D eigenvalue weighted by atomic mass is 16.6. The molecular formula is C21H22N6O4. The largest absolute Gasteiger partial charge is 0.461 e. The molecule has 2 aromatic carbocycles. The summed E-state index contributed by atoms with van der Waals surface area (Å²) in [6, 6.07) is 14.8. The van der Waals surface area contributed by atoms with Gasteiger partial charge in [0.05, 0.1) is 11.5 Å². The number of aromatic nitrogens is 3. The van der Waals surface area contributed by atoms with Gasteiger partial charge in [-0.05, 0) is 25.1 Å². The van der Waals surface area contributed by atoms with Crippen LogP contribution in [-0.4, -0.2) is 59.1 Å². The van der Waals surface area contributed by atoms with Gasteiger partial charge in [0.25, 0.3) is 5.69 Å². The smallest absolute Gasteiger partial charge is 0.361 e. The standard InChI is InChI=1S/C21H22N6O4/c1-2-31-21(28)20-19(22-24-23-20)17-14-16(27(29)30)8-9-18(17)26-12-10-25(11-13-26)15-6-4-3-5-7-15/h3-9,14H,2,10-13H2,1H3,(H,22,23,24). The Kier molecular flexibility index (Phi) is 5.78. The number of hydrogen-bond donors (Lipinski definition) is 1. The lowest BCUT2D eigenvalue weighted by molar-refractivity contribution is -0.384. The molecule has 1 saturated heterocycles. The van der Waals surface area contributed by atoms with E-state index in [1.807, 2.05) is 18.2 Å². The Morgan fingerprint density at radius 2 is 1.81 bits per heavy atom. The normalized spacial score (nSPS) is 13.8. The van der Waals surface area contributed by atoms with Gasteiger partial charge in [-0.25, -0.2) is 4.79 Å². The first-order valence-electron chi connectivity index (χ1n) is 10.00. The number of para-hydroxylation sites is 1. The van der Waals surface area contributed by atoms with Crippen molar-refractivity contribution in [1.82, 2.24) is 15.4 Å². The highest BCUT2D eigenvalue weighted by Crippen LogP contribution is 2.35. The van der Waals surface area contributed by atoms with Gasteiger partial charge in [-0.15, -0.1) is 5.10 Å². The molecule has 0 aliphatic carbocycles. The molecule has 1 fully saturated rings. The molecule has 31 heavy (non-hydrogen) atoms. The molecule has 1 aliphatic rings. The summed E-state index contributed by atoms with van der Waals surface area (Å²) < 4.78 is 5.06. The quantitative estimate of drug-likeness (QED) is 0.366. The van der Waals surface area contributed by atoms with Crippen LogP contribution in [0.2, 0.25) is 0 Å². The fourth-order valence-corrected chi connectivity index (χ4v) is 3.71. The van der Waals surface area contributed by atoms with Crippen molar-refractivity contribution >= 4 is 23.0 Å². The number of nitro benzene ring substituents is 1. The van der Waals surface area contributed by atoms with E-state index in [0.717, 1.165) is 24.5 Å². The molecule has 0 unspecified atom stereocenters. The first kappa shape index (κ1) is 20.3. The predicted octanol–water partition coefficient (Wildman–Crippen LogP) is 2.88. The van der Waals surface area contributed by atoms with Crippen LogP contribution in [0, 0.1) is 10.1 Å². The summed E-state index contributed by atoms with van der Waals surface area (Å²) in [4.78, 5) is 27.7. The third-order valence-electron chi connectivity index (χ3n) is 5.20. The number of aromatic amines is 1. The van der Waals surface area contributed by atoms with Crippen molar-refractivity contribution in [1.29, 1.82) is 0 Å². The van der Waals surface area contributed by atoms with Crippen molar-refractivity contribution in [2.75, 3.05) is 42.6 Å². The van der Waals surface area contributed by atoms with Gasteiger partial charge in [0.1, 0.15) is 5.69 Å². The summed E-state index contributed by atoms with van der Waals surface area (Å²) in [7, 11) is 0. The second-order valence-electron chi connectivity index (χ2n) is 7.01. The maximum absolute atomic E-state index is 12.3. The molecule has 10 heteroatoms. The zero-order valence-electron chi connectivity index (χ0n) is 17.0.